The second kappa shape index (κ2) is 9.40. The molecule has 1 unspecified atom stereocenters. The Morgan fingerprint density at radius 2 is 2.00 bits per heavy atom. The summed E-state index contributed by atoms with van der Waals surface area (Å²) in [7, 11) is 0. The summed E-state index contributed by atoms with van der Waals surface area (Å²) in [5.74, 6) is 2.67. The van der Waals surface area contributed by atoms with E-state index in [1.807, 2.05) is 0 Å². The van der Waals surface area contributed by atoms with Gasteiger partial charge in [-0.3, -0.25) is 0 Å². The SMILES string of the molecule is CCCSCCCC(C)NCC. The Labute approximate surface area is 81.7 Å². The molecule has 1 nitrogen and oxygen atoms in total. The van der Waals surface area contributed by atoms with Gasteiger partial charge in [0.15, 0.2) is 0 Å². The van der Waals surface area contributed by atoms with Crippen molar-refractivity contribution in [2.24, 2.45) is 0 Å². The fourth-order valence-electron chi connectivity index (χ4n) is 1.19. The van der Waals surface area contributed by atoms with Crippen molar-refractivity contribution in [2.75, 3.05) is 18.1 Å². The van der Waals surface area contributed by atoms with Gasteiger partial charge in [0, 0.05) is 6.04 Å². The molecule has 2 heteroatoms. The molecule has 0 aromatic heterocycles. The molecule has 0 aromatic carbocycles. The lowest BCUT2D eigenvalue weighted by atomic mass is 10.2. The summed E-state index contributed by atoms with van der Waals surface area (Å²) in [6.07, 6.45) is 4.00. The summed E-state index contributed by atoms with van der Waals surface area (Å²) in [6.45, 7) is 7.79. The zero-order valence-corrected chi connectivity index (χ0v) is 9.54. The minimum Gasteiger partial charge on any atom is -0.315 e. The van der Waals surface area contributed by atoms with Crippen molar-refractivity contribution >= 4 is 11.8 Å². The van der Waals surface area contributed by atoms with Crippen LogP contribution in [-0.4, -0.2) is 24.1 Å². The topological polar surface area (TPSA) is 12.0 Å². The van der Waals surface area contributed by atoms with Crippen molar-refractivity contribution < 1.29 is 0 Å². The largest absolute Gasteiger partial charge is 0.315 e. The predicted molar refractivity (Wildman–Crippen MR) is 60.0 cm³/mol. The first kappa shape index (κ1) is 12.3. The minimum atomic E-state index is 0.706. The molecular weight excluding hydrogens is 166 g/mol. The van der Waals surface area contributed by atoms with E-state index in [-0.39, 0.29) is 0 Å². The highest BCUT2D eigenvalue weighted by atomic mass is 32.2. The van der Waals surface area contributed by atoms with Gasteiger partial charge in [0.05, 0.1) is 0 Å². The Morgan fingerprint density at radius 3 is 2.58 bits per heavy atom. The lowest BCUT2D eigenvalue weighted by Gasteiger charge is -2.11. The van der Waals surface area contributed by atoms with Crippen molar-refractivity contribution in [2.45, 2.75) is 46.1 Å². The third-order valence-electron chi connectivity index (χ3n) is 1.83. The number of hydrogen-bond donors (Lipinski definition) is 1. The fourth-order valence-corrected chi connectivity index (χ4v) is 2.05. The van der Waals surface area contributed by atoms with Crippen LogP contribution < -0.4 is 5.32 Å². The molecule has 1 N–H and O–H groups in total. The first-order valence-corrected chi connectivity index (χ1v) is 6.27. The number of hydrogen-bond acceptors (Lipinski definition) is 2. The molecule has 0 bridgehead atoms. The average molecular weight is 189 g/mol. The van der Waals surface area contributed by atoms with Crippen LogP contribution in [-0.2, 0) is 0 Å². The summed E-state index contributed by atoms with van der Waals surface area (Å²) in [6, 6.07) is 0.706. The van der Waals surface area contributed by atoms with Gasteiger partial charge in [0.2, 0.25) is 0 Å². The Hall–Kier alpha value is 0.310. The van der Waals surface area contributed by atoms with E-state index in [0.717, 1.165) is 6.54 Å². The summed E-state index contributed by atoms with van der Waals surface area (Å²) >= 11 is 2.09. The normalized spacial score (nSPS) is 13.2. The summed E-state index contributed by atoms with van der Waals surface area (Å²) in [5.41, 5.74) is 0. The van der Waals surface area contributed by atoms with Crippen molar-refractivity contribution in [1.82, 2.24) is 5.32 Å². The molecule has 0 amide bonds. The molecule has 0 radical (unpaired) electrons. The second-order valence-corrected chi connectivity index (χ2v) is 4.44. The molecule has 0 aliphatic rings. The smallest absolute Gasteiger partial charge is 0.00389 e. The molecule has 0 saturated heterocycles. The van der Waals surface area contributed by atoms with Gasteiger partial charge in [-0.25, -0.2) is 0 Å². The van der Waals surface area contributed by atoms with Gasteiger partial charge < -0.3 is 5.32 Å². The molecule has 0 heterocycles. The van der Waals surface area contributed by atoms with Gasteiger partial charge in [-0.05, 0) is 44.2 Å². The Morgan fingerprint density at radius 1 is 1.25 bits per heavy atom. The van der Waals surface area contributed by atoms with Gasteiger partial charge >= 0.3 is 0 Å². The van der Waals surface area contributed by atoms with Crippen molar-refractivity contribution in [1.29, 1.82) is 0 Å². The molecule has 0 aliphatic carbocycles. The monoisotopic (exact) mass is 189 g/mol. The van der Waals surface area contributed by atoms with E-state index in [9.17, 15) is 0 Å². The van der Waals surface area contributed by atoms with Gasteiger partial charge in [0.1, 0.15) is 0 Å². The van der Waals surface area contributed by atoms with E-state index in [2.05, 4.69) is 37.8 Å². The summed E-state index contributed by atoms with van der Waals surface area (Å²) < 4.78 is 0. The molecule has 0 aliphatic heterocycles. The summed E-state index contributed by atoms with van der Waals surface area (Å²) in [4.78, 5) is 0. The molecule has 0 spiro atoms. The molecular formula is C10H23NS. The third-order valence-corrected chi connectivity index (χ3v) is 3.10. The number of thioether (sulfide) groups is 1. The summed E-state index contributed by atoms with van der Waals surface area (Å²) in [5, 5.41) is 3.43. The zero-order valence-electron chi connectivity index (χ0n) is 8.73. The van der Waals surface area contributed by atoms with E-state index >= 15 is 0 Å². The molecule has 74 valence electrons. The maximum absolute atomic E-state index is 3.43. The maximum Gasteiger partial charge on any atom is 0.00389 e. The molecule has 12 heavy (non-hydrogen) atoms. The molecule has 0 fully saturated rings. The average Bonchev–Trinajstić information content (AvgIpc) is 2.05. The van der Waals surface area contributed by atoms with Crippen LogP contribution in [0.5, 0.6) is 0 Å². The van der Waals surface area contributed by atoms with Gasteiger partial charge in [-0.2, -0.15) is 11.8 Å². The second-order valence-electron chi connectivity index (χ2n) is 3.21. The molecule has 1 atom stereocenters. The van der Waals surface area contributed by atoms with Crippen LogP contribution in [0.25, 0.3) is 0 Å². The minimum absolute atomic E-state index is 0.706. The lowest BCUT2D eigenvalue weighted by molar-refractivity contribution is 0.526. The number of rotatable bonds is 8. The first-order chi connectivity index (χ1) is 5.81. The van der Waals surface area contributed by atoms with Crippen LogP contribution >= 0.6 is 11.8 Å². The number of nitrogens with one attached hydrogen (secondary N) is 1. The standard InChI is InChI=1S/C10H23NS/c1-4-8-12-9-6-7-10(3)11-5-2/h10-11H,4-9H2,1-3H3. The van der Waals surface area contributed by atoms with E-state index in [1.54, 1.807) is 0 Å². The fraction of sp³-hybridized carbons (Fsp3) is 1.00. The van der Waals surface area contributed by atoms with Crippen molar-refractivity contribution in [3.63, 3.8) is 0 Å². The van der Waals surface area contributed by atoms with Crippen LogP contribution in [0, 0.1) is 0 Å². The van der Waals surface area contributed by atoms with Crippen molar-refractivity contribution in [3.8, 4) is 0 Å². The van der Waals surface area contributed by atoms with E-state index in [0.29, 0.717) is 6.04 Å². The Balaban J connectivity index is 2.97. The van der Waals surface area contributed by atoms with Crippen molar-refractivity contribution in [3.05, 3.63) is 0 Å². The van der Waals surface area contributed by atoms with Crippen LogP contribution in [0.1, 0.15) is 40.0 Å². The van der Waals surface area contributed by atoms with Gasteiger partial charge in [-0.15, -0.1) is 0 Å². The van der Waals surface area contributed by atoms with E-state index < -0.39 is 0 Å². The van der Waals surface area contributed by atoms with E-state index in [4.69, 9.17) is 0 Å². The van der Waals surface area contributed by atoms with Gasteiger partial charge in [-0.1, -0.05) is 13.8 Å². The molecule has 0 rings (SSSR count). The van der Waals surface area contributed by atoms with Crippen LogP contribution in [0.3, 0.4) is 0 Å². The van der Waals surface area contributed by atoms with E-state index in [1.165, 1.54) is 30.8 Å². The van der Waals surface area contributed by atoms with Gasteiger partial charge in [0.25, 0.3) is 0 Å². The quantitative estimate of drug-likeness (QED) is 0.589. The maximum atomic E-state index is 3.43. The molecule has 0 saturated carbocycles. The lowest BCUT2D eigenvalue weighted by Crippen LogP contribution is -2.25. The highest BCUT2D eigenvalue weighted by Crippen LogP contribution is 2.07. The van der Waals surface area contributed by atoms with Crippen LogP contribution in [0.2, 0.25) is 0 Å². The first-order valence-electron chi connectivity index (χ1n) is 5.12. The molecule has 0 aromatic rings. The highest BCUT2D eigenvalue weighted by molar-refractivity contribution is 7.99. The predicted octanol–water partition coefficient (Wildman–Crippen LogP) is 2.91. The third kappa shape index (κ3) is 8.41. The van der Waals surface area contributed by atoms with Crippen LogP contribution in [0.4, 0.5) is 0 Å². The highest BCUT2D eigenvalue weighted by Gasteiger charge is 1.98. The zero-order chi connectivity index (χ0) is 9.23. The Bertz CT molecular complexity index is 85.9. The van der Waals surface area contributed by atoms with Crippen LogP contribution in [0.15, 0.2) is 0 Å². The Kier molecular flexibility index (Phi) is 9.64.